The first-order valence-electron chi connectivity index (χ1n) is 5.56. The molecule has 1 aliphatic rings. The van der Waals surface area contributed by atoms with Gasteiger partial charge in [0.2, 0.25) is 0 Å². The van der Waals surface area contributed by atoms with Gasteiger partial charge in [-0.1, -0.05) is 0 Å². The van der Waals surface area contributed by atoms with Crippen molar-refractivity contribution in [3.63, 3.8) is 0 Å². The number of likely N-dealkylation sites (N-methyl/N-ethyl adjacent to an activating group) is 1. The molecule has 0 saturated carbocycles. The monoisotopic (exact) mass is 222 g/mol. The van der Waals surface area contributed by atoms with Crippen LogP contribution in [0.4, 0.5) is 0 Å². The van der Waals surface area contributed by atoms with E-state index in [4.69, 9.17) is 0 Å². The maximum Gasteiger partial charge on any atom is 0.257 e. The molecule has 0 aromatic carbocycles. The van der Waals surface area contributed by atoms with Crippen molar-refractivity contribution in [2.24, 2.45) is 7.05 Å². The second-order valence-corrected chi connectivity index (χ2v) is 4.48. The quantitative estimate of drug-likeness (QED) is 0.681. The molecule has 2 heterocycles. The number of rotatable bonds is 1. The molecule has 0 bridgehead atoms. The average molecular weight is 222 g/mol. The Morgan fingerprint density at radius 3 is 2.75 bits per heavy atom. The van der Waals surface area contributed by atoms with Crippen LogP contribution in [-0.2, 0) is 7.05 Å². The van der Waals surface area contributed by atoms with Gasteiger partial charge in [0.1, 0.15) is 0 Å². The summed E-state index contributed by atoms with van der Waals surface area (Å²) >= 11 is 0. The van der Waals surface area contributed by atoms with E-state index in [0.717, 1.165) is 19.6 Å². The number of piperazine rings is 1. The molecule has 0 spiro atoms. The van der Waals surface area contributed by atoms with Crippen molar-refractivity contribution in [1.82, 2.24) is 19.6 Å². The summed E-state index contributed by atoms with van der Waals surface area (Å²) in [5, 5.41) is 4.03. The van der Waals surface area contributed by atoms with Gasteiger partial charge in [0.25, 0.3) is 5.91 Å². The van der Waals surface area contributed by atoms with E-state index < -0.39 is 0 Å². The molecule has 1 saturated heterocycles. The van der Waals surface area contributed by atoms with E-state index in [0.29, 0.717) is 11.6 Å². The van der Waals surface area contributed by atoms with Gasteiger partial charge in [0.15, 0.2) is 0 Å². The van der Waals surface area contributed by atoms with Crippen LogP contribution in [0, 0.1) is 0 Å². The molecule has 1 aromatic heterocycles. The number of nitrogens with zero attached hydrogens (tertiary/aromatic N) is 4. The third-order valence-corrected chi connectivity index (χ3v) is 3.20. The van der Waals surface area contributed by atoms with Gasteiger partial charge in [-0.05, 0) is 14.0 Å². The fourth-order valence-corrected chi connectivity index (χ4v) is 1.95. The Hall–Kier alpha value is -1.36. The van der Waals surface area contributed by atoms with Crippen molar-refractivity contribution in [3.05, 3.63) is 18.0 Å². The van der Waals surface area contributed by atoms with Gasteiger partial charge in [-0.2, -0.15) is 5.10 Å². The number of aromatic nitrogens is 2. The Kier molecular flexibility index (Phi) is 2.96. The number of hydrogen-bond acceptors (Lipinski definition) is 3. The number of aryl methyl sites for hydroxylation is 1. The molecule has 2 rings (SSSR count). The molecule has 88 valence electrons. The molecule has 1 aliphatic heterocycles. The van der Waals surface area contributed by atoms with Gasteiger partial charge in [0.05, 0.1) is 11.8 Å². The van der Waals surface area contributed by atoms with Gasteiger partial charge < -0.3 is 9.80 Å². The first-order valence-corrected chi connectivity index (χ1v) is 5.56. The fourth-order valence-electron chi connectivity index (χ4n) is 1.95. The van der Waals surface area contributed by atoms with E-state index in [-0.39, 0.29) is 5.91 Å². The van der Waals surface area contributed by atoms with Gasteiger partial charge >= 0.3 is 0 Å². The highest BCUT2D eigenvalue weighted by molar-refractivity contribution is 5.93. The van der Waals surface area contributed by atoms with E-state index in [1.54, 1.807) is 17.1 Å². The standard InChI is InChI=1S/C11H18N4O/c1-9-7-15(5-4-13(9)2)11(16)10-6-12-14(3)8-10/h6,8-9H,4-5,7H2,1-3H3. The molecule has 1 fully saturated rings. The molecule has 0 radical (unpaired) electrons. The predicted molar refractivity (Wildman–Crippen MR) is 61.2 cm³/mol. The van der Waals surface area contributed by atoms with E-state index in [1.165, 1.54) is 0 Å². The summed E-state index contributed by atoms with van der Waals surface area (Å²) in [4.78, 5) is 16.3. The topological polar surface area (TPSA) is 41.4 Å². The molecule has 16 heavy (non-hydrogen) atoms. The third kappa shape index (κ3) is 2.09. The van der Waals surface area contributed by atoms with E-state index in [2.05, 4.69) is 24.0 Å². The lowest BCUT2D eigenvalue weighted by Crippen LogP contribution is -2.51. The molecule has 5 nitrogen and oxygen atoms in total. The second-order valence-electron chi connectivity index (χ2n) is 4.48. The van der Waals surface area contributed by atoms with E-state index in [1.807, 2.05) is 11.9 Å². The van der Waals surface area contributed by atoms with E-state index >= 15 is 0 Å². The lowest BCUT2D eigenvalue weighted by atomic mass is 10.2. The number of carbonyl (C=O) groups excluding carboxylic acids is 1. The average Bonchev–Trinajstić information content (AvgIpc) is 2.68. The summed E-state index contributed by atoms with van der Waals surface area (Å²) in [7, 11) is 3.92. The Labute approximate surface area is 95.6 Å². The molecule has 1 amide bonds. The summed E-state index contributed by atoms with van der Waals surface area (Å²) in [5.41, 5.74) is 0.680. The minimum absolute atomic E-state index is 0.0908. The lowest BCUT2D eigenvalue weighted by molar-refractivity contribution is 0.0572. The van der Waals surface area contributed by atoms with Crippen LogP contribution in [-0.4, -0.2) is 58.2 Å². The summed E-state index contributed by atoms with van der Waals surface area (Å²) < 4.78 is 1.66. The summed E-state index contributed by atoms with van der Waals surface area (Å²) in [6.45, 7) is 4.68. The number of hydrogen-bond donors (Lipinski definition) is 0. The van der Waals surface area contributed by atoms with E-state index in [9.17, 15) is 4.79 Å². The van der Waals surface area contributed by atoms with Gasteiger partial charge in [0, 0.05) is 38.9 Å². The highest BCUT2D eigenvalue weighted by atomic mass is 16.2. The minimum atomic E-state index is 0.0908. The highest BCUT2D eigenvalue weighted by Gasteiger charge is 2.25. The maximum atomic E-state index is 12.1. The number of carbonyl (C=O) groups is 1. The molecule has 1 atom stereocenters. The molecule has 0 aliphatic carbocycles. The Morgan fingerprint density at radius 1 is 1.44 bits per heavy atom. The van der Waals surface area contributed by atoms with Crippen LogP contribution in [0.5, 0.6) is 0 Å². The van der Waals surface area contributed by atoms with Gasteiger partial charge in [-0.15, -0.1) is 0 Å². The van der Waals surface area contributed by atoms with Crippen LogP contribution in [0.1, 0.15) is 17.3 Å². The van der Waals surface area contributed by atoms with Crippen molar-refractivity contribution in [2.45, 2.75) is 13.0 Å². The normalized spacial score (nSPS) is 22.4. The van der Waals surface area contributed by atoms with Crippen molar-refractivity contribution in [1.29, 1.82) is 0 Å². The number of amides is 1. The van der Waals surface area contributed by atoms with Crippen molar-refractivity contribution >= 4 is 5.91 Å². The molecular formula is C11H18N4O. The molecule has 0 N–H and O–H groups in total. The third-order valence-electron chi connectivity index (χ3n) is 3.20. The largest absolute Gasteiger partial charge is 0.336 e. The predicted octanol–water partition coefficient (Wildman–Crippen LogP) is 0.196. The first kappa shape index (κ1) is 11.1. The molecule has 1 unspecified atom stereocenters. The Balaban J connectivity index is 2.06. The first-order chi connectivity index (χ1) is 7.58. The summed E-state index contributed by atoms with van der Waals surface area (Å²) in [6, 6.07) is 0.425. The second kappa shape index (κ2) is 4.25. The zero-order valence-electron chi connectivity index (χ0n) is 10.1. The van der Waals surface area contributed by atoms with Crippen LogP contribution >= 0.6 is 0 Å². The van der Waals surface area contributed by atoms with Crippen molar-refractivity contribution in [2.75, 3.05) is 26.7 Å². The van der Waals surface area contributed by atoms with Crippen molar-refractivity contribution < 1.29 is 4.79 Å². The van der Waals surface area contributed by atoms with Crippen LogP contribution in [0.15, 0.2) is 12.4 Å². The van der Waals surface area contributed by atoms with Crippen LogP contribution < -0.4 is 0 Å². The zero-order chi connectivity index (χ0) is 11.7. The van der Waals surface area contributed by atoms with Gasteiger partial charge in [-0.3, -0.25) is 9.48 Å². The molecule has 1 aromatic rings. The van der Waals surface area contributed by atoms with Crippen molar-refractivity contribution in [3.8, 4) is 0 Å². The van der Waals surface area contributed by atoms with Crippen LogP contribution in [0.2, 0.25) is 0 Å². The molecular weight excluding hydrogens is 204 g/mol. The minimum Gasteiger partial charge on any atom is -0.336 e. The zero-order valence-corrected chi connectivity index (χ0v) is 10.1. The van der Waals surface area contributed by atoms with Crippen LogP contribution in [0.25, 0.3) is 0 Å². The Morgan fingerprint density at radius 2 is 2.19 bits per heavy atom. The van der Waals surface area contributed by atoms with Gasteiger partial charge in [-0.25, -0.2) is 0 Å². The fraction of sp³-hybridized carbons (Fsp3) is 0.636. The Bertz CT molecular complexity index is 387. The highest BCUT2D eigenvalue weighted by Crippen LogP contribution is 2.11. The smallest absolute Gasteiger partial charge is 0.257 e. The SMILES string of the molecule is CC1CN(C(=O)c2cnn(C)c2)CCN1C. The lowest BCUT2D eigenvalue weighted by Gasteiger charge is -2.37. The van der Waals surface area contributed by atoms with Crippen LogP contribution in [0.3, 0.4) is 0 Å². The maximum absolute atomic E-state index is 12.1. The summed E-state index contributed by atoms with van der Waals surface area (Å²) in [5.74, 6) is 0.0908. The molecule has 5 heteroatoms. The summed E-state index contributed by atoms with van der Waals surface area (Å²) in [6.07, 6.45) is 3.40.